The van der Waals surface area contributed by atoms with Crippen molar-refractivity contribution in [1.82, 2.24) is 9.88 Å². The van der Waals surface area contributed by atoms with Crippen molar-refractivity contribution in [3.8, 4) is 0 Å². The molecule has 0 unspecified atom stereocenters. The fourth-order valence-corrected chi connectivity index (χ4v) is 3.20. The van der Waals surface area contributed by atoms with Crippen molar-refractivity contribution in [2.75, 3.05) is 31.3 Å². The molecule has 2 aromatic carbocycles. The van der Waals surface area contributed by atoms with Crippen LogP contribution in [0, 0.1) is 11.2 Å². The zero-order valence-corrected chi connectivity index (χ0v) is 20.8. The molecule has 0 atom stereocenters. The number of amidine groups is 1. The fraction of sp³-hybridized carbons (Fsp3) is 0.200. The molecule has 0 spiro atoms. The Bertz CT molecular complexity index is 1140. The molecule has 1 heterocycles. The van der Waals surface area contributed by atoms with Crippen LogP contribution in [0.2, 0.25) is 0 Å². The molecule has 3 rings (SSSR count). The Morgan fingerprint density at radius 2 is 1.94 bits per heavy atom. The van der Waals surface area contributed by atoms with Crippen LogP contribution in [-0.4, -0.2) is 48.6 Å². The number of nitrogens with one attached hydrogen (secondary N) is 3. The Labute approximate surface area is 207 Å². The van der Waals surface area contributed by atoms with Gasteiger partial charge in [0.1, 0.15) is 17.5 Å². The number of nitrogens with zero attached hydrogens (tertiary/aromatic N) is 2. The molecule has 0 aliphatic carbocycles. The highest BCUT2D eigenvalue weighted by molar-refractivity contribution is 9.10. The van der Waals surface area contributed by atoms with Gasteiger partial charge < -0.3 is 15.5 Å². The summed E-state index contributed by atoms with van der Waals surface area (Å²) in [6.45, 7) is 2.76. The molecule has 0 aliphatic heterocycles. The average Bonchev–Trinajstić information content (AvgIpc) is 2.85. The topological polar surface area (TPSA) is 98.2 Å². The third-order valence-corrected chi connectivity index (χ3v) is 5.22. The summed E-state index contributed by atoms with van der Waals surface area (Å²) in [6.07, 6.45) is 3.03. The lowest BCUT2D eigenvalue weighted by Gasteiger charge is -2.19. The minimum atomic E-state index is -0.581. The minimum absolute atomic E-state index is 0.0229. The van der Waals surface area contributed by atoms with Gasteiger partial charge in [-0.05, 0) is 58.7 Å². The van der Waals surface area contributed by atoms with Crippen molar-refractivity contribution in [2.24, 2.45) is 0 Å². The minimum Gasteiger partial charge on any atom is -0.387 e. The van der Waals surface area contributed by atoms with Crippen LogP contribution in [0.4, 0.5) is 15.9 Å². The second-order valence-electron chi connectivity index (χ2n) is 7.24. The van der Waals surface area contributed by atoms with Crippen LogP contribution >= 0.6 is 15.9 Å². The number of carbonyl (C=O) groups excluding carboxylic acids is 2. The zero-order valence-electron chi connectivity index (χ0n) is 19.2. The molecule has 0 radical (unpaired) electrons. The first-order valence-electron chi connectivity index (χ1n) is 10.5. The number of aldehydes is 1. The lowest BCUT2D eigenvalue weighted by atomic mass is 10.1. The SMILES string of the molecule is CCCN(C)C(=N)c1ccc(C=O)c(F)c1.CNc1ccccc1C(=O)Nc1ccc(Br)cn1. The molecule has 0 saturated heterocycles. The molecule has 3 aromatic rings. The summed E-state index contributed by atoms with van der Waals surface area (Å²) in [7, 11) is 3.57. The third kappa shape index (κ3) is 7.48. The summed E-state index contributed by atoms with van der Waals surface area (Å²) in [4.78, 5) is 28.4. The Morgan fingerprint density at radius 3 is 2.53 bits per heavy atom. The second kappa shape index (κ2) is 13.2. The van der Waals surface area contributed by atoms with E-state index in [9.17, 15) is 14.0 Å². The summed E-state index contributed by atoms with van der Waals surface area (Å²) in [5.74, 6) is 0.0178. The number of hydrogen-bond donors (Lipinski definition) is 3. The summed E-state index contributed by atoms with van der Waals surface area (Å²) in [6, 6.07) is 15.1. The maximum atomic E-state index is 13.3. The Hall–Kier alpha value is -3.59. The summed E-state index contributed by atoms with van der Waals surface area (Å²) < 4.78 is 14.2. The molecule has 0 aliphatic rings. The Morgan fingerprint density at radius 1 is 1.21 bits per heavy atom. The summed E-state index contributed by atoms with van der Waals surface area (Å²) in [5.41, 5.74) is 1.88. The van der Waals surface area contributed by atoms with Crippen LogP contribution in [-0.2, 0) is 0 Å². The van der Waals surface area contributed by atoms with Gasteiger partial charge in [-0.15, -0.1) is 0 Å². The molecule has 9 heteroatoms. The lowest BCUT2D eigenvalue weighted by molar-refractivity contribution is 0.102. The van der Waals surface area contributed by atoms with Gasteiger partial charge in [-0.2, -0.15) is 0 Å². The van der Waals surface area contributed by atoms with Crippen LogP contribution in [0.5, 0.6) is 0 Å². The number of anilines is 2. The largest absolute Gasteiger partial charge is 0.387 e. The number of hydrogen-bond acceptors (Lipinski definition) is 5. The molecule has 3 N–H and O–H groups in total. The van der Waals surface area contributed by atoms with Crippen molar-refractivity contribution < 1.29 is 14.0 Å². The van der Waals surface area contributed by atoms with Gasteiger partial charge in [0.2, 0.25) is 0 Å². The van der Waals surface area contributed by atoms with E-state index in [-0.39, 0.29) is 17.3 Å². The summed E-state index contributed by atoms with van der Waals surface area (Å²) in [5, 5.41) is 13.6. The quantitative estimate of drug-likeness (QED) is 0.216. The van der Waals surface area contributed by atoms with Crippen LogP contribution in [0.25, 0.3) is 0 Å². The number of rotatable bonds is 7. The molecule has 7 nitrogen and oxygen atoms in total. The first kappa shape index (κ1) is 26.7. The number of aromatic nitrogens is 1. The van der Waals surface area contributed by atoms with Gasteiger partial charge >= 0.3 is 0 Å². The highest BCUT2D eigenvalue weighted by Gasteiger charge is 2.11. The number of pyridine rings is 1. The van der Waals surface area contributed by atoms with Crippen molar-refractivity contribution in [1.29, 1.82) is 5.41 Å². The predicted octanol–water partition coefficient (Wildman–Crippen LogP) is 5.44. The second-order valence-corrected chi connectivity index (χ2v) is 8.15. The summed E-state index contributed by atoms with van der Waals surface area (Å²) >= 11 is 3.29. The molecule has 1 aromatic heterocycles. The Kier molecular flexibility index (Phi) is 10.3. The van der Waals surface area contributed by atoms with Crippen LogP contribution in [0.15, 0.2) is 65.3 Å². The molecule has 0 bridgehead atoms. The van der Waals surface area contributed by atoms with E-state index in [4.69, 9.17) is 5.41 Å². The number of para-hydroxylation sites is 1. The molecular formula is C25H27BrFN5O2. The van der Waals surface area contributed by atoms with E-state index in [0.29, 0.717) is 23.2 Å². The molecule has 1 amide bonds. The van der Waals surface area contributed by atoms with E-state index in [2.05, 4.69) is 31.5 Å². The highest BCUT2D eigenvalue weighted by Crippen LogP contribution is 2.17. The highest BCUT2D eigenvalue weighted by atomic mass is 79.9. The van der Waals surface area contributed by atoms with Crippen molar-refractivity contribution in [3.63, 3.8) is 0 Å². The maximum absolute atomic E-state index is 13.3. The van der Waals surface area contributed by atoms with Crippen LogP contribution in [0.1, 0.15) is 39.6 Å². The Balaban J connectivity index is 0.000000242. The van der Waals surface area contributed by atoms with Gasteiger partial charge in [0.25, 0.3) is 5.91 Å². The first-order chi connectivity index (χ1) is 16.3. The van der Waals surface area contributed by atoms with E-state index < -0.39 is 5.82 Å². The number of carbonyl (C=O) groups is 2. The predicted molar refractivity (Wildman–Crippen MR) is 137 cm³/mol. The van der Waals surface area contributed by atoms with E-state index >= 15 is 0 Å². The van der Waals surface area contributed by atoms with Gasteiger partial charge in [0, 0.05) is 42.6 Å². The smallest absolute Gasteiger partial charge is 0.258 e. The maximum Gasteiger partial charge on any atom is 0.258 e. The molecule has 0 fully saturated rings. The number of amides is 1. The van der Waals surface area contributed by atoms with Crippen LogP contribution < -0.4 is 10.6 Å². The number of halogens is 2. The van der Waals surface area contributed by atoms with Gasteiger partial charge in [-0.1, -0.05) is 25.1 Å². The van der Waals surface area contributed by atoms with Crippen molar-refractivity contribution >= 4 is 45.5 Å². The lowest BCUT2D eigenvalue weighted by Crippen LogP contribution is -2.27. The zero-order chi connectivity index (χ0) is 25.1. The van der Waals surface area contributed by atoms with E-state index in [1.165, 1.54) is 12.1 Å². The van der Waals surface area contributed by atoms with E-state index in [1.54, 1.807) is 43.4 Å². The molecule has 34 heavy (non-hydrogen) atoms. The number of benzene rings is 2. The standard InChI is InChI=1S/C13H12BrN3O.C12H15FN2O/c1-15-11-5-3-2-4-10(11)13(18)17-12-7-6-9(14)8-16-12;1-3-6-15(2)12(14)9-4-5-10(8-16)11(13)7-9/h2-8,15H,1H3,(H,16,17,18);4-5,7-8,14H,3,6H2,1-2H3. The van der Waals surface area contributed by atoms with Crippen molar-refractivity contribution in [3.05, 3.63) is 87.8 Å². The van der Waals surface area contributed by atoms with E-state index in [0.717, 1.165) is 23.1 Å². The van der Waals surface area contributed by atoms with Crippen molar-refractivity contribution in [2.45, 2.75) is 13.3 Å². The third-order valence-electron chi connectivity index (χ3n) is 4.75. The van der Waals surface area contributed by atoms with Gasteiger partial charge in [0.05, 0.1) is 11.1 Å². The molecular weight excluding hydrogens is 501 g/mol. The molecule has 0 saturated carbocycles. The van der Waals surface area contributed by atoms with Gasteiger partial charge in [-0.3, -0.25) is 15.0 Å². The fourth-order valence-electron chi connectivity index (χ4n) is 2.97. The normalized spacial score (nSPS) is 9.91. The van der Waals surface area contributed by atoms with Gasteiger partial charge in [0.15, 0.2) is 6.29 Å². The average molecular weight is 528 g/mol. The monoisotopic (exact) mass is 527 g/mol. The molecule has 178 valence electrons. The first-order valence-corrected chi connectivity index (χ1v) is 11.3. The van der Waals surface area contributed by atoms with Gasteiger partial charge in [-0.25, -0.2) is 9.37 Å². The van der Waals surface area contributed by atoms with Crippen LogP contribution in [0.3, 0.4) is 0 Å². The van der Waals surface area contributed by atoms with E-state index in [1.807, 2.05) is 31.2 Å².